The number of halogens is 2. The van der Waals surface area contributed by atoms with Crippen LogP contribution in [0.4, 0.5) is 11.4 Å². The van der Waals surface area contributed by atoms with Crippen molar-refractivity contribution in [3.63, 3.8) is 0 Å². The molecular weight excluding hydrogens is 420 g/mol. The summed E-state index contributed by atoms with van der Waals surface area (Å²) in [5.41, 5.74) is 0.968. The van der Waals surface area contributed by atoms with Crippen LogP contribution in [0.25, 0.3) is 0 Å². The predicted molar refractivity (Wildman–Crippen MR) is 106 cm³/mol. The second kappa shape index (κ2) is 6.93. The highest BCUT2D eigenvalue weighted by Crippen LogP contribution is 2.37. The molecule has 0 saturated carbocycles. The Labute approximate surface area is 165 Å². The number of carbonyl (C=O) groups excluding carboxylic acids is 2. The molecule has 26 heavy (non-hydrogen) atoms. The van der Waals surface area contributed by atoms with Gasteiger partial charge < -0.3 is 15.0 Å². The lowest BCUT2D eigenvalue weighted by Gasteiger charge is -2.24. The number of nitrogens with one attached hydrogen (secondary N) is 1. The molecule has 0 aromatic heterocycles. The van der Waals surface area contributed by atoms with E-state index in [-0.39, 0.29) is 18.4 Å². The average molecular weight is 438 g/mol. The highest BCUT2D eigenvalue weighted by Gasteiger charge is 2.36. The molecule has 5 nitrogen and oxygen atoms in total. The lowest BCUT2D eigenvalue weighted by Crippen LogP contribution is -2.39. The second-order valence-corrected chi connectivity index (χ2v) is 8.12. The number of ether oxygens (including phenoxy) is 1. The van der Waals surface area contributed by atoms with Crippen LogP contribution in [0, 0.1) is 5.41 Å². The zero-order valence-corrected chi connectivity index (χ0v) is 16.9. The van der Waals surface area contributed by atoms with Crippen LogP contribution >= 0.6 is 27.5 Å². The summed E-state index contributed by atoms with van der Waals surface area (Å²) >= 11 is 9.45. The molecule has 2 aromatic carbocycles. The Kier molecular flexibility index (Phi) is 4.99. The molecule has 3 rings (SSSR count). The number of rotatable bonds is 2. The van der Waals surface area contributed by atoms with Gasteiger partial charge in [0.25, 0.3) is 5.91 Å². The van der Waals surface area contributed by atoms with Crippen LogP contribution in [0.3, 0.4) is 0 Å². The maximum Gasteiger partial charge on any atom is 0.257 e. The van der Waals surface area contributed by atoms with E-state index in [1.54, 1.807) is 48.3 Å². The van der Waals surface area contributed by atoms with Crippen molar-refractivity contribution in [2.24, 2.45) is 5.41 Å². The van der Waals surface area contributed by atoms with Crippen molar-refractivity contribution in [2.45, 2.75) is 13.8 Å². The lowest BCUT2D eigenvalue weighted by atomic mass is 9.93. The Morgan fingerprint density at radius 3 is 2.73 bits per heavy atom. The van der Waals surface area contributed by atoms with Gasteiger partial charge in [-0.2, -0.15) is 0 Å². The Morgan fingerprint density at radius 2 is 2.00 bits per heavy atom. The highest BCUT2D eigenvalue weighted by atomic mass is 79.9. The van der Waals surface area contributed by atoms with E-state index in [0.29, 0.717) is 27.7 Å². The van der Waals surface area contributed by atoms with Crippen molar-refractivity contribution in [1.82, 2.24) is 0 Å². The van der Waals surface area contributed by atoms with E-state index >= 15 is 0 Å². The van der Waals surface area contributed by atoms with Gasteiger partial charge in [-0.3, -0.25) is 9.59 Å². The van der Waals surface area contributed by atoms with Crippen LogP contribution in [0.2, 0.25) is 5.02 Å². The fraction of sp³-hybridized carbons (Fsp3) is 0.263. The quantitative estimate of drug-likeness (QED) is 0.738. The smallest absolute Gasteiger partial charge is 0.257 e. The van der Waals surface area contributed by atoms with Gasteiger partial charge in [0.15, 0.2) is 0 Å². The van der Waals surface area contributed by atoms with Gasteiger partial charge >= 0.3 is 0 Å². The summed E-state index contributed by atoms with van der Waals surface area (Å²) in [4.78, 5) is 26.6. The van der Waals surface area contributed by atoms with Crippen LogP contribution in [-0.4, -0.2) is 25.5 Å². The molecule has 1 aliphatic heterocycles. The number of amides is 2. The summed E-state index contributed by atoms with van der Waals surface area (Å²) in [7, 11) is 1.72. The first-order valence-electron chi connectivity index (χ1n) is 8.00. The maximum atomic E-state index is 12.5. The molecule has 0 saturated heterocycles. The van der Waals surface area contributed by atoms with E-state index in [0.717, 1.165) is 4.47 Å². The minimum atomic E-state index is -0.624. The molecule has 2 aromatic rings. The first-order valence-corrected chi connectivity index (χ1v) is 9.17. The number of hydrogen-bond donors (Lipinski definition) is 1. The first kappa shape index (κ1) is 18.7. The predicted octanol–water partition coefficient (Wildman–Crippen LogP) is 4.74. The fourth-order valence-electron chi connectivity index (χ4n) is 2.74. The van der Waals surface area contributed by atoms with Gasteiger partial charge in [0.2, 0.25) is 5.91 Å². The minimum Gasteiger partial charge on any atom is -0.490 e. The Morgan fingerprint density at radius 1 is 1.27 bits per heavy atom. The lowest BCUT2D eigenvalue weighted by molar-refractivity contribution is -0.127. The second-order valence-electron chi connectivity index (χ2n) is 6.80. The van der Waals surface area contributed by atoms with Crippen molar-refractivity contribution in [1.29, 1.82) is 0 Å². The van der Waals surface area contributed by atoms with Crippen molar-refractivity contribution >= 4 is 50.7 Å². The Bertz CT molecular complexity index is 898. The first-order chi connectivity index (χ1) is 12.2. The van der Waals surface area contributed by atoms with Gasteiger partial charge in [0.05, 0.1) is 21.7 Å². The number of hydrogen-bond acceptors (Lipinski definition) is 3. The summed E-state index contributed by atoms with van der Waals surface area (Å²) in [6, 6.07) is 10.3. The van der Waals surface area contributed by atoms with Crippen molar-refractivity contribution in [3.05, 3.63) is 51.5 Å². The third-order valence-electron chi connectivity index (χ3n) is 4.22. The third-order valence-corrected chi connectivity index (χ3v) is 5.05. The van der Waals surface area contributed by atoms with E-state index in [2.05, 4.69) is 21.2 Å². The van der Waals surface area contributed by atoms with Gasteiger partial charge in [0, 0.05) is 23.3 Å². The van der Waals surface area contributed by atoms with E-state index in [1.165, 1.54) is 0 Å². The SMILES string of the molecule is CN1C(=O)C(C)(C)COc2cc(NC(=O)c3cc(Br)ccc3Cl)ccc21. The molecule has 7 heteroatoms. The maximum absolute atomic E-state index is 12.5. The molecule has 0 radical (unpaired) electrons. The standard InChI is InChI=1S/C19H18BrClN2O3/c1-19(2)10-26-16-9-12(5-7-15(16)23(3)18(19)25)22-17(24)13-8-11(20)4-6-14(13)21/h4-9H,10H2,1-3H3,(H,22,24). The van der Waals surface area contributed by atoms with E-state index < -0.39 is 5.41 Å². The molecule has 136 valence electrons. The van der Waals surface area contributed by atoms with Gasteiger partial charge in [0.1, 0.15) is 12.4 Å². The van der Waals surface area contributed by atoms with E-state index in [4.69, 9.17) is 16.3 Å². The van der Waals surface area contributed by atoms with Gasteiger partial charge in [-0.25, -0.2) is 0 Å². The van der Waals surface area contributed by atoms with Gasteiger partial charge in [-0.05, 0) is 44.2 Å². The van der Waals surface area contributed by atoms with Crippen LogP contribution in [0.1, 0.15) is 24.2 Å². The number of carbonyl (C=O) groups is 2. The van der Waals surface area contributed by atoms with Crippen molar-refractivity contribution in [2.75, 3.05) is 23.9 Å². The zero-order valence-electron chi connectivity index (χ0n) is 14.6. The van der Waals surface area contributed by atoms with Crippen molar-refractivity contribution in [3.8, 4) is 5.75 Å². The molecule has 1 aliphatic rings. The molecule has 0 atom stereocenters. The Balaban J connectivity index is 1.88. The number of benzene rings is 2. The zero-order chi connectivity index (χ0) is 19.1. The van der Waals surface area contributed by atoms with Crippen molar-refractivity contribution < 1.29 is 14.3 Å². The summed E-state index contributed by atoms with van der Waals surface area (Å²) in [5, 5.41) is 3.18. The number of nitrogens with zero attached hydrogens (tertiary/aromatic N) is 1. The summed E-state index contributed by atoms with van der Waals surface area (Å²) in [6.45, 7) is 3.95. The molecule has 0 unspecified atom stereocenters. The highest BCUT2D eigenvalue weighted by molar-refractivity contribution is 9.10. The molecule has 0 bridgehead atoms. The topological polar surface area (TPSA) is 58.6 Å². The molecule has 1 N–H and O–H groups in total. The average Bonchev–Trinajstić information content (AvgIpc) is 2.68. The van der Waals surface area contributed by atoms with Crippen LogP contribution in [0.15, 0.2) is 40.9 Å². The summed E-state index contributed by atoms with van der Waals surface area (Å²) in [5.74, 6) is 0.202. The van der Waals surface area contributed by atoms with Gasteiger partial charge in [-0.15, -0.1) is 0 Å². The summed E-state index contributed by atoms with van der Waals surface area (Å²) < 4.78 is 6.59. The van der Waals surface area contributed by atoms with Crippen LogP contribution < -0.4 is 15.0 Å². The molecule has 0 spiro atoms. The largest absolute Gasteiger partial charge is 0.490 e. The molecule has 0 aliphatic carbocycles. The van der Waals surface area contributed by atoms with Crippen LogP contribution in [-0.2, 0) is 4.79 Å². The molecule has 2 amide bonds. The van der Waals surface area contributed by atoms with Gasteiger partial charge in [-0.1, -0.05) is 27.5 Å². The van der Waals surface area contributed by atoms with E-state index in [1.807, 2.05) is 13.8 Å². The molecular formula is C19H18BrClN2O3. The minimum absolute atomic E-state index is 0.0195. The monoisotopic (exact) mass is 436 g/mol. The molecule has 1 heterocycles. The normalized spacial score (nSPS) is 15.7. The fourth-order valence-corrected chi connectivity index (χ4v) is 3.30. The number of fused-ring (bicyclic) bond motifs is 1. The Hall–Kier alpha value is -2.05. The van der Waals surface area contributed by atoms with Crippen LogP contribution in [0.5, 0.6) is 5.75 Å². The molecule has 0 fully saturated rings. The number of anilines is 2. The van der Waals surface area contributed by atoms with E-state index in [9.17, 15) is 9.59 Å². The summed E-state index contributed by atoms with van der Waals surface area (Å²) in [6.07, 6.45) is 0. The third kappa shape index (κ3) is 3.57.